The smallest absolute Gasteiger partial charge is 0.124 e. The first kappa shape index (κ1) is 17.1. The Hall–Kier alpha value is -0.910. The fourth-order valence-corrected chi connectivity index (χ4v) is 2.67. The van der Waals surface area contributed by atoms with Crippen LogP contribution in [0.5, 0.6) is 5.75 Å². The summed E-state index contributed by atoms with van der Waals surface area (Å²) in [5.41, 5.74) is 1.89. The number of benzene rings is 1. The molecule has 0 saturated carbocycles. The van der Waals surface area contributed by atoms with Crippen molar-refractivity contribution >= 4 is 10.8 Å². The van der Waals surface area contributed by atoms with Gasteiger partial charge in [0.1, 0.15) is 5.75 Å². The Labute approximate surface area is 124 Å². The van der Waals surface area contributed by atoms with Crippen LogP contribution in [-0.2, 0) is 10.8 Å². The Morgan fingerprint density at radius 2 is 2.15 bits per heavy atom. The second-order valence-corrected chi connectivity index (χ2v) is 6.69. The Bertz CT molecular complexity index is 451. The van der Waals surface area contributed by atoms with Gasteiger partial charge in [0.2, 0.25) is 0 Å². The van der Waals surface area contributed by atoms with Crippen LogP contribution in [0.25, 0.3) is 0 Å². The van der Waals surface area contributed by atoms with Gasteiger partial charge in [-0.05, 0) is 32.4 Å². The van der Waals surface area contributed by atoms with Crippen molar-refractivity contribution in [2.24, 2.45) is 0 Å². The predicted octanol–water partition coefficient (Wildman–Crippen LogP) is 1.78. The third kappa shape index (κ3) is 5.61. The van der Waals surface area contributed by atoms with Crippen molar-refractivity contribution in [2.45, 2.75) is 32.4 Å². The van der Waals surface area contributed by atoms with Crippen LogP contribution in [0.15, 0.2) is 18.2 Å². The number of hydrogen-bond donors (Lipinski definition) is 2. The van der Waals surface area contributed by atoms with E-state index in [2.05, 4.69) is 5.32 Å². The number of aliphatic hydroxyl groups excluding tert-OH is 1. The average molecular weight is 299 g/mol. The summed E-state index contributed by atoms with van der Waals surface area (Å²) in [5.74, 6) is 1.38. The highest BCUT2D eigenvalue weighted by molar-refractivity contribution is 7.84. The van der Waals surface area contributed by atoms with Crippen LogP contribution in [0.4, 0.5) is 0 Å². The maximum Gasteiger partial charge on any atom is 0.124 e. The molecular weight excluding hydrogens is 274 g/mol. The zero-order valence-electron chi connectivity index (χ0n) is 12.7. The molecule has 0 aliphatic heterocycles. The van der Waals surface area contributed by atoms with Crippen LogP contribution in [0.3, 0.4) is 0 Å². The molecule has 0 aliphatic rings. The van der Waals surface area contributed by atoms with Crippen LogP contribution in [-0.4, -0.2) is 41.0 Å². The molecule has 0 fully saturated rings. The molecule has 20 heavy (non-hydrogen) atoms. The molecule has 3 unspecified atom stereocenters. The monoisotopic (exact) mass is 299 g/mol. The first-order valence-corrected chi connectivity index (χ1v) is 8.52. The highest BCUT2D eigenvalue weighted by Gasteiger charge is 2.14. The van der Waals surface area contributed by atoms with E-state index in [0.717, 1.165) is 17.5 Å². The van der Waals surface area contributed by atoms with Crippen molar-refractivity contribution in [1.82, 2.24) is 5.32 Å². The van der Waals surface area contributed by atoms with Crippen molar-refractivity contribution in [3.05, 3.63) is 29.3 Å². The quantitative estimate of drug-likeness (QED) is 0.768. The number of aryl methyl sites for hydroxylation is 1. The zero-order valence-corrected chi connectivity index (χ0v) is 13.5. The SMILES string of the molecule is COc1ccc(C)cc1C(O)CNC(C)CCS(C)=O. The van der Waals surface area contributed by atoms with Gasteiger partial charge in [0.25, 0.3) is 0 Å². The molecule has 0 saturated heterocycles. The third-order valence-corrected chi connectivity index (χ3v) is 4.05. The molecular formula is C15H25NO3S. The van der Waals surface area contributed by atoms with Crippen molar-refractivity contribution in [2.75, 3.05) is 25.7 Å². The predicted molar refractivity (Wildman–Crippen MR) is 83.7 cm³/mol. The lowest BCUT2D eigenvalue weighted by Gasteiger charge is -2.19. The largest absolute Gasteiger partial charge is 0.496 e. The second-order valence-electron chi connectivity index (χ2n) is 5.14. The molecule has 0 aromatic heterocycles. The van der Waals surface area contributed by atoms with E-state index in [1.165, 1.54) is 0 Å². The number of ether oxygens (including phenoxy) is 1. The maximum atomic E-state index is 11.0. The van der Waals surface area contributed by atoms with E-state index in [0.29, 0.717) is 18.0 Å². The second kappa shape index (κ2) is 8.39. The minimum absolute atomic E-state index is 0.226. The number of nitrogens with one attached hydrogen (secondary N) is 1. The number of aliphatic hydroxyl groups is 1. The molecule has 1 aromatic carbocycles. The highest BCUT2D eigenvalue weighted by Crippen LogP contribution is 2.25. The number of hydrogen-bond acceptors (Lipinski definition) is 4. The van der Waals surface area contributed by atoms with E-state index in [1.54, 1.807) is 13.4 Å². The molecule has 0 bridgehead atoms. The standard InChI is InChI=1S/C15H25NO3S/c1-11-5-6-15(19-3)13(9-11)14(17)10-16-12(2)7-8-20(4)18/h5-6,9,12,14,16-17H,7-8,10H2,1-4H3. The summed E-state index contributed by atoms with van der Waals surface area (Å²) in [6.45, 7) is 4.48. The van der Waals surface area contributed by atoms with Gasteiger partial charge in [-0.1, -0.05) is 11.6 Å². The summed E-state index contributed by atoms with van der Waals surface area (Å²) in [4.78, 5) is 0. The summed E-state index contributed by atoms with van der Waals surface area (Å²) >= 11 is 0. The molecule has 1 aromatic rings. The summed E-state index contributed by atoms with van der Waals surface area (Å²) in [7, 11) is 0.838. The first-order chi connectivity index (χ1) is 9.43. The molecule has 0 spiro atoms. The van der Waals surface area contributed by atoms with Crippen molar-refractivity contribution < 1.29 is 14.1 Å². The van der Waals surface area contributed by atoms with E-state index in [-0.39, 0.29) is 6.04 Å². The molecule has 0 heterocycles. The van der Waals surface area contributed by atoms with Crippen molar-refractivity contribution in [1.29, 1.82) is 0 Å². The minimum atomic E-state index is -0.767. The molecule has 0 aliphatic carbocycles. The lowest BCUT2D eigenvalue weighted by molar-refractivity contribution is 0.166. The zero-order chi connectivity index (χ0) is 15.1. The molecule has 0 radical (unpaired) electrons. The van der Waals surface area contributed by atoms with Gasteiger partial charge in [-0.2, -0.15) is 0 Å². The van der Waals surface area contributed by atoms with Gasteiger partial charge in [0, 0.05) is 41.0 Å². The van der Waals surface area contributed by atoms with Gasteiger partial charge in [-0.3, -0.25) is 4.21 Å². The first-order valence-electron chi connectivity index (χ1n) is 6.80. The van der Waals surface area contributed by atoms with Crippen LogP contribution < -0.4 is 10.1 Å². The Kier molecular flexibility index (Phi) is 7.19. The van der Waals surface area contributed by atoms with E-state index >= 15 is 0 Å². The summed E-state index contributed by atoms with van der Waals surface area (Å²) in [6, 6.07) is 6.00. The number of methoxy groups -OCH3 is 1. The van der Waals surface area contributed by atoms with Crippen LogP contribution in [0.1, 0.15) is 30.6 Å². The van der Waals surface area contributed by atoms with Gasteiger partial charge in [-0.25, -0.2) is 0 Å². The lowest BCUT2D eigenvalue weighted by atomic mass is 10.0. The van der Waals surface area contributed by atoms with Gasteiger partial charge in [0.15, 0.2) is 0 Å². The number of rotatable bonds is 8. The molecule has 114 valence electrons. The van der Waals surface area contributed by atoms with E-state index in [9.17, 15) is 9.32 Å². The van der Waals surface area contributed by atoms with E-state index < -0.39 is 16.9 Å². The fourth-order valence-electron chi connectivity index (χ4n) is 1.98. The lowest BCUT2D eigenvalue weighted by Crippen LogP contribution is -2.31. The summed E-state index contributed by atoms with van der Waals surface area (Å²) < 4.78 is 16.3. The molecule has 5 heteroatoms. The summed E-state index contributed by atoms with van der Waals surface area (Å²) in [6.07, 6.45) is 1.93. The van der Waals surface area contributed by atoms with Crippen molar-refractivity contribution in [3.63, 3.8) is 0 Å². The Balaban J connectivity index is 2.56. The topological polar surface area (TPSA) is 58.6 Å². The van der Waals surface area contributed by atoms with Gasteiger partial charge < -0.3 is 15.2 Å². The fraction of sp³-hybridized carbons (Fsp3) is 0.600. The van der Waals surface area contributed by atoms with Crippen LogP contribution >= 0.6 is 0 Å². The van der Waals surface area contributed by atoms with Gasteiger partial charge >= 0.3 is 0 Å². The molecule has 2 N–H and O–H groups in total. The van der Waals surface area contributed by atoms with Gasteiger partial charge in [-0.15, -0.1) is 0 Å². The third-order valence-electron chi connectivity index (χ3n) is 3.24. The minimum Gasteiger partial charge on any atom is -0.496 e. The normalized spacial score (nSPS) is 15.7. The van der Waals surface area contributed by atoms with E-state index in [1.807, 2.05) is 32.0 Å². The Morgan fingerprint density at radius 3 is 2.75 bits per heavy atom. The molecule has 1 rings (SSSR count). The summed E-state index contributed by atoms with van der Waals surface area (Å²) in [5, 5.41) is 13.5. The molecule has 3 atom stereocenters. The van der Waals surface area contributed by atoms with Crippen LogP contribution in [0.2, 0.25) is 0 Å². The van der Waals surface area contributed by atoms with E-state index in [4.69, 9.17) is 4.74 Å². The van der Waals surface area contributed by atoms with Crippen molar-refractivity contribution in [3.8, 4) is 5.75 Å². The molecule has 4 nitrogen and oxygen atoms in total. The average Bonchev–Trinajstić information content (AvgIpc) is 2.42. The molecule has 0 amide bonds. The van der Waals surface area contributed by atoms with Crippen LogP contribution in [0, 0.1) is 6.92 Å². The maximum absolute atomic E-state index is 11.0. The highest BCUT2D eigenvalue weighted by atomic mass is 32.2. The Morgan fingerprint density at radius 1 is 1.45 bits per heavy atom. The van der Waals surface area contributed by atoms with Gasteiger partial charge in [0.05, 0.1) is 13.2 Å².